The SMILES string of the molecule is CCOC(=O)COc1ccc(C=C(C#N)C(=O)c2cccc([N+](=O)[O-])c2)cc1OCC. The number of carbonyl (C=O) groups excluding carboxylic acids is 2. The molecule has 0 aliphatic heterocycles. The molecule has 2 rings (SSSR count). The van der Waals surface area contributed by atoms with Crippen LogP contribution in [0.1, 0.15) is 29.8 Å². The Morgan fingerprint density at radius 2 is 1.87 bits per heavy atom. The lowest BCUT2D eigenvalue weighted by molar-refractivity contribution is -0.384. The van der Waals surface area contributed by atoms with Crippen LogP contribution >= 0.6 is 0 Å². The predicted octanol–water partition coefficient (Wildman–Crippen LogP) is 3.73. The van der Waals surface area contributed by atoms with Crippen molar-refractivity contribution >= 4 is 23.5 Å². The van der Waals surface area contributed by atoms with E-state index in [1.165, 1.54) is 24.3 Å². The molecule has 0 saturated carbocycles. The summed E-state index contributed by atoms with van der Waals surface area (Å²) in [6.07, 6.45) is 1.35. The number of esters is 1. The lowest BCUT2D eigenvalue weighted by atomic mass is 10.0. The first-order valence-electron chi connectivity index (χ1n) is 9.35. The van der Waals surface area contributed by atoms with Gasteiger partial charge in [-0.2, -0.15) is 5.26 Å². The number of nitriles is 1. The number of rotatable bonds is 10. The molecule has 2 aromatic rings. The van der Waals surface area contributed by atoms with Crippen molar-refractivity contribution in [2.75, 3.05) is 19.8 Å². The second-order valence-corrected chi connectivity index (χ2v) is 6.04. The molecule has 0 aliphatic rings. The largest absolute Gasteiger partial charge is 0.490 e. The highest BCUT2D eigenvalue weighted by Crippen LogP contribution is 2.30. The van der Waals surface area contributed by atoms with Gasteiger partial charge >= 0.3 is 5.97 Å². The number of allylic oxidation sites excluding steroid dienone is 1. The molecule has 9 heteroatoms. The van der Waals surface area contributed by atoms with Crippen molar-refractivity contribution in [2.24, 2.45) is 0 Å². The van der Waals surface area contributed by atoms with Crippen LogP contribution in [0.25, 0.3) is 6.08 Å². The summed E-state index contributed by atoms with van der Waals surface area (Å²) >= 11 is 0. The van der Waals surface area contributed by atoms with Crippen LogP contribution in [0.3, 0.4) is 0 Å². The van der Waals surface area contributed by atoms with E-state index in [1.54, 1.807) is 32.0 Å². The minimum Gasteiger partial charge on any atom is -0.490 e. The molecule has 31 heavy (non-hydrogen) atoms. The van der Waals surface area contributed by atoms with E-state index in [4.69, 9.17) is 14.2 Å². The van der Waals surface area contributed by atoms with Gasteiger partial charge in [-0.3, -0.25) is 14.9 Å². The summed E-state index contributed by atoms with van der Waals surface area (Å²) in [5, 5.41) is 20.4. The molecular formula is C22H20N2O7. The van der Waals surface area contributed by atoms with Gasteiger partial charge in [0.25, 0.3) is 5.69 Å². The van der Waals surface area contributed by atoms with Gasteiger partial charge in [0.15, 0.2) is 18.1 Å². The summed E-state index contributed by atoms with van der Waals surface area (Å²) in [5.74, 6) is -0.550. The number of nitro groups is 1. The lowest BCUT2D eigenvalue weighted by Gasteiger charge is -2.12. The fraction of sp³-hybridized carbons (Fsp3) is 0.227. The van der Waals surface area contributed by atoms with Crippen LogP contribution in [0.5, 0.6) is 11.5 Å². The molecule has 0 spiro atoms. The first-order valence-corrected chi connectivity index (χ1v) is 9.35. The van der Waals surface area contributed by atoms with Crippen LogP contribution in [0.2, 0.25) is 0 Å². The van der Waals surface area contributed by atoms with Gasteiger partial charge in [-0.1, -0.05) is 18.2 Å². The van der Waals surface area contributed by atoms with E-state index >= 15 is 0 Å². The second kappa shape index (κ2) is 11.1. The van der Waals surface area contributed by atoms with Gasteiger partial charge in [0, 0.05) is 17.7 Å². The maximum atomic E-state index is 12.7. The third kappa shape index (κ3) is 6.40. The van der Waals surface area contributed by atoms with Gasteiger partial charge in [0.1, 0.15) is 11.6 Å². The van der Waals surface area contributed by atoms with Crippen molar-refractivity contribution in [3.05, 3.63) is 69.3 Å². The maximum Gasteiger partial charge on any atom is 0.344 e. The summed E-state index contributed by atoms with van der Waals surface area (Å²) < 4.78 is 15.8. The molecule has 0 N–H and O–H groups in total. The van der Waals surface area contributed by atoms with E-state index in [2.05, 4.69) is 0 Å². The number of hydrogen-bond donors (Lipinski definition) is 0. The third-order valence-electron chi connectivity index (χ3n) is 3.91. The van der Waals surface area contributed by atoms with Crippen molar-refractivity contribution in [3.8, 4) is 17.6 Å². The van der Waals surface area contributed by atoms with Crippen LogP contribution in [-0.2, 0) is 9.53 Å². The predicted molar refractivity (Wildman–Crippen MR) is 111 cm³/mol. The van der Waals surface area contributed by atoms with Gasteiger partial charge in [-0.15, -0.1) is 0 Å². The van der Waals surface area contributed by atoms with Crippen LogP contribution in [-0.4, -0.2) is 36.5 Å². The smallest absolute Gasteiger partial charge is 0.344 e. The fourth-order valence-electron chi connectivity index (χ4n) is 2.57. The Balaban J connectivity index is 2.31. The van der Waals surface area contributed by atoms with Crippen LogP contribution in [0.15, 0.2) is 48.0 Å². The Morgan fingerprint density at radius 1 is 1.10 bits per heavy atom. The summed E-state index contributed by atoms with van der Waals surface area (Å²) in [4.78, 5) is 34.5. The average Bonchev–Trinajstić information content (AvgIpc) is 2.77. The van der Waals surface area contributed by atoms with E-state index in [-0.39, 0.29) is 30.0 Å². The zero-order valence-corrected chi connectivity index (χ0v) is 17.0. The quantitative estimate of drug-likeness (QED) is 0.141. The van der Waals surface area contributed by atoms with Crippen LogP contribution < -0.4 is 9.47 Å². The van der Waals surface area contributed by atoms with Crippen LogP contribution in [0.4, 0.5) is 5.69 Å². The minimum absolute atomic E-state index is 0.0291. The summed E-state index contributed by atoms with van der Waals surface area (Å²) in [7, 11) is 0. The maximum absolute atomic E-state index is 12.7. The Labute approximate surface area is 178 Å². The number of benzene rings is 2. The van der Waals surface area contributed by atoms with Gasteiger partial charge in [-0.25, -0.2) is 4.79 Å². The molecule has 0 saturated heterocycles. The van der Waals surface area contributed by atoms with Crippen molar-refractivity contribution in [2.45, 2.75) is 13.8 Å². The molecule has 0 heterocycles. The van der Waals surface area contributed by atoms with Crippen LogP contribution in [0, 0.1) is 21.4 Å². The van der Waals surface area contributed by atoms with E-state index in [0.717, 1.165) is 6.07 Å². The first-order chi connectivity index (χ1) is 14.9. The van der Waals surface area contributed by atoms with Crippen molar-refractivity contribution in [3.63, 3.8) is 0 Å². The Morgan fingerprint density at radius 3 is 2.52 bits per heavy atom. The standard InChI is InChI=1S/C22H20N2O7/c1-3-29-20-11-15(8-9-19(20)31-14-21(25)30-4-2)10-17(13-23)22(26)16-6-5-7-18(12-16)24(27)28/h5-12H,3-4,14H2,1-2H3. The molecule has 160 valence electrons. The molecule has 2 aromatic carbocycles. The average molecular weight is 424 g/mol. The molecule has 0 bridgehead atoms. The highest BCUT2D eigenvalue weighted by Gasteiger charge is 2.16. The molecule has 0 aromatic heterocycles. The summed E-state index contributed by atoms with van der Waals surface area (Å²) in [6.45, 7) is 3.72. The molecule has 9 nitrogen and oxygen atoms in total. The zero-order valence-electron chi connectivity index (χ0n) is 17.0. The molecular weight excluding hydrogens is 404 g/mol. The normalized spacial score (nSPS) is 10.7. The Kier molecular flexibility index (Phi) is 8.28. The number of carbonyl (C=O) groups is 2. The van der Waals surface area contributed by atoms with Gasteiger partial charge in [-0.05, 0) is 37.6 Å². The minimum atomic E-state index is -0.646. The zero-order chi connectivity index (χ0) is 22.8. The number of non-ortho nitro benzene ring substituents is 1. The van der Waals surface area contributed by atoms with Crippen molar-refractivity contribution in [1.29, 1.82) is 5.26 Å². The van der Waals surface area contributed by atoms with Gasteiger partial charge in [0.05, 0.1) is 18.1 Å². The third-order valence-corrected chi connectivity index (χ3v) is 3.91. The number of Topliss-reactive ketones (excluding diaryl/α,β-unsaturated/α-hetero) is 1. The van der Waals surface area contributed by atoms with E-state index in [0.29, 0.717) is 23.7 Å². The number of hydrogen-bond acceptors (Lipinski definition) is 8. The molecule has 0 atom stereocenters. The molecule has 0 fully saturated rings. The number of ketones is 1. The molecule has 0 unspecified atom stereocenters. The summed E-state index contributed by atoms with van der Waals surface area (Å²) in [6, 6.07) is 11.7. The second-order valence-electron chi connectivity index (χ2n) is 6.04. The fourth-order valence-corrected chi connectivity index (χ4v) is 2.57. The highest BCUT2D eigenvalue weighted by atomic mass is 16.6. The van der Waals surface area contributed by atoms with Gasteiger partial charge in [0.2, 0.25) is 5.78 Å². The number of ether oxygens (including phenoxy) is 3. The number of nitrogens with zero attached hydrogens (tertiary/aromatic N) is 2. The monoisotopic (exact) mass is 424 g/mol. The van der Waals surface area contributed by atoms with E-state index < -0.39 is 16.7 Å². The Bertz CT molecular complexity index is 1050. The molecule has 0 amide bonds. The van der Waals surface area contributed by atoms with Crippen molar-refractivity contribution in [1.82, 2.24) is 0 Å². The summed E-state index contributed by atoms with van der Waals surface area (Å²) in [5.41, 5.74) is 0.0525. The lowest BCUT2D eigenvalue weighted by Crippen LogP contribution is -2.15. The Hall–Kier alpha value is -4.19. The number of nitro benzene ring substituents is 1. The molecule has 0 aliphatic carbocycles. The highest BCUT2D eigenvalue weighted by molar-refractivity contribution is 6.14. The van der Waals surface area contributed by atoms with Gasteiger partial charge < -0.3 is 14.2 Å². The molecule has 0 radical (unpaired) electrons. The first kappa shape index (κ1) is 23.1. The van der Waals surface area contributed by atoms with E-state index in [9.17, 15) is 25.0 Å². The van der Waals surface area contributed by atoms with Crippen molar-refractivity contribution < 1.29 is 28.7 Å². The van der Waals surface area contributed by atoms with E-state index in [1.807, 2.05) is 6.07 Å². The topological polar surface area (TPSA) is 129 Å².